The molecule has 29 heavy (non-hydrogen) atoms. The van der Waals surface area contributed by atoms with Crippen LogP contribution in [0.5, 0.6) is 5.75 Å². The van der Waals surface area contributed by atoms with Crippen LogP contribution in [0.2, 0.25) is 0 Å². The van der Waals surface area contributed by atoms with Crippen LogP contribution >= 0.6 is 0 Å². The maximum Gasteiger partial charge on any atom is 0.317 e. The Labute approximate surface area is 174 Å². The molecule has 3 heterocycles. The molecule has 1 aromatic rings. The van der Waals surface area contributed by atoms with Crippen molar-refractivity contribution in [3.05, 3.63) is 23.8 Å². The Balaban J connectivity index is 1.21. The third-order valence-corrected chi connectivity index (χ3v) is 7.67. The molecule has 0 bridgehead atoms. The minimum absolute atomic E-state index is 0.0251. The number of benzene rings is 1. The van der Waals surface area contributed by atoms with Crippen LogP contribution in [0.15, 0.2) is 18.2 Å². The topological polar surface area (TPSA) is 48.1 Å². The predicted molar refractivity (Wildman–Crippen MR) is 115 cm³/mol. The number of hydrogen-bond acceptors (Lipinski definition) is 4. The first kappa shape index (κ1) is 19.0. The molecule has 1 aliphatic carbocycles. The number of urea groups is 1. The smallest absolute Gasteiger partial charge is 0.317 e. The van der Waals surface area contributed by atoms with Crippen LogP contribution in [-0.4, -0.2) is 73.8 Å². The monoisotopic (exact) mass is 398 g/mol. The number of aryl methyl sites for hydroxylation is 1. The van der Waals surface area contributed by atoms with E-state index in [1.807, 2.05) is 4.90 Å². The fourth-order valence-electron chi connectivity index (χ4n) is 5.43. The Morgan fingerprint density at radius 3 is 2.48 bits per heavy atom. The molecule has 4 aliphatic rings. The van der Waals surface area contributed by atoms with E-state index in [-0.39, 0.29) is 11.6 Å². The van der Waals surface area contributed by atoms with Gasteiger partial charge in [-0.25, -0.2) is 4.79 Å². The summed E-state index contributed by atoms with van der Waals surface area (Å²) >= 11 is 0. The number of hydrogen-bond donors (Lipinski definition) is 1. The highest BCUT2D eigenvalue weighted by molar-refractivity contribution is 5.74. The number of ether oxygens (including phenoxy) is 1. The van der Waals surface area contributed by atoms with Crippen molar-refractivity contribution in [2.24, 2.45) is 0 Å². The first-order chi connectivity index (χ1) is 14.2. The van der Waals surface area contributed by atoms with Gasteiger partial charge in [0.15, 0.2) is 0 Å². The number of piperidine rings is 1. The fraction of sp³-hybridized carbons (Fsp3) is 0.696. The lowest BCUT2D eigenvalue weighted by molar-refractivity contribution is -0.0336. The normalized spacial score (nSPS) is 24.6. The molecule has 5 rings (SSSR count). The maximum absolute atomic E-state index is 11.8. The summed E-state index contributed by atoms with van der Waals surface area (Å²) < 4.78 is 6.64. The maximum atomic E-state index is 11.8. The summed E-state index contributed by atoms with van der Waals surface area (Å²) in [7, 11) is 1.70. The van der Waals surface area contributed by atoms with E-state index in [1.165, 1.54) is 56.4 Å². The van der Waals surface area contributed by atoms with Crippen LogP contribution in [0.1, 0.15) is 44.1 Å². The average molecular weight is 399 g/mol. The van der Waals surface area contributed by atoms with Gasteiger partial charge in [0.05, 0.1) is 0 Å². The zero-order valence-electron chi connectivity index (χ0n) is 17.7. The summed E-state index contributed by atoms with van der Waals surface area (Å²) in [4.78, 5) is 18.8. The molecule has 3 fully saturated rings. The zero-order valence-corrected chi connectivity index (χ0v) is 17.7. The van der Waals surface area contributed by atoms with Gasteiger partial charge < -0.3 is 24.8 Å². The van der Waals surface area contributed by atoms with Crippen LogP contribution in [0.3, 0.4) is 0 Å². The van der Waals surface area contributed by atoms with E-state index in [4.69, 9.17) is 4.74 Å². The lowest BCUT2D eigenvalue weighted by Gasteiger charge is -2.48. The Hall–Kier alpha value is -1.95. The number of nitrogens with one attached hydrogen (secondary N) is 1. The molecule has 3 aliphatic heterocycles. The Kier molecular flexibility index (Phi) is 5.06. The third-order valence-electron chi connectivity index (χ3n) is 7.67. The van der Waals surface area contributed by atoms with Gasteiger partial charge in [0, 0.05) is 58.0 Å². The molecule has 0 aromatic heterocycles. The largest absolute Gasteiger partial charge is 0.487 e. The highest BCUT2D eigenvalue weighted by atomic mass is 16.5. The molecule has 6 nitrogen and oxygen atoms in total. The Morgan fingerprint density at radius 1 is 1.07 bits per heavy atom. The summed E-state index contributed by atoms with van der Waals surface area (Å²) in [6.45, 7) is 5.71. The van der Waals surface area contributed by atoms with E-state index in [1.54, 1.807) is 7.05 Å². The molecular formula is C23H34N4O2. The second kappa shape index (κ2) is 7.71. The van der Waals surface area contributed by atoms with Crippen molar-refractivity contribution in [2.45, 2.75) is 56.6 Å². The van der Waals surface area contributed by atoms with Gasteiger partial charge in [-0.2, -0.15) is 0 Å². The van der Waals surface area contributed by atoms with Crippen molar-refractivity contribution in [2.75, 3.05) is 51.2 Å². The van der Waals surface area contributed by atoms with Crippen LogP contribution in [0.4, 0.5) is 10.5 Å². The highest BCUT2D eigenvalue weighted by Gasteiger charge is 2.41. The molecular weight excluding hydrogens is 364 g/mol. The number of rotatable bonds is 2. The minimum atomic E-state index is 0.0251. The van der Waals surface area contributed by atoms with Crippen molar-refractivity contribution in [3.63, 3.8) is 0 Å². The molecule has 1 aromatic carbocycles. The molecule has 1 spiro atoms. The molecule has 0 radical (unpaired) electrons. The third kappa shape index (κ3) is 3.67. The first-order valence-electron chi connectivity index (χ1n) is 11.4. The van der Waals surface area contributed by atoms with Crippen molar-refractivity contribution in [1.82, 2.24) is 15.1 Å². The number of likely N-dealkylation sites (tertiary alicyclic amines) is 1. The van der Waals surface area contributed by atoms with Gasteiger partial charge in [-0.05, 0) is 62.3 Å². The number of anilines is 1. The summed E-state index contributed by atoms with van der Waals surface area (Å²) in [6.07, 6.45) is 8.82. The lowest BCUT2D eigenvalue weighted by Crippen LogP contribution is -2.53. The number of piperazine rings is 1. The standard InChI is InChI=1S/C23H34N4O2/c1-24-22(28)27-15-13-26(14-16-27)20-5-6-21-18(17-20)7-8-23(29-21)9-11-25(12-10-23)19-3-2-4-19/h5-6,17,19H,2-4,7-16H2,1H3,(H,24,28). The van der Waals surface area contributed by atoms with Gasteiger partial charge in [0.2, 0.25) is 0 Å². The number of carbonyl (C=O) groups excluding carboxylic acids is 1. The van der Waals surface area contributed by atoms with Crippen LogP contribution < -0.4 is 15.0 Å². The van der Waals surface area contributed by atoms with Gasteiger partial charge in [-0.3, -0.25) is 0 Å². The van der Waals surface area contributed by atoms with E-state index < -0.39 is 0 Å². The van der Waals surface area contributed by atoms with E-state index in [0.717, 1.165) is 50.8 Å². The molecule has 0 atom stereocenters. The molecule has 158 valence electrons. The first-order valence-corrected chi connectivity index (χ1v) is 11.4. The molecule has 1 N–H and O–H groups in total. The molecule has 1 saturated carbocycles. The van der Waals surface area contributed by atoms with Gasteiger partial charge >= 0.3 is 6.03 Å². The van der Waals surface area contributed by atoms with Crippen LogP contribution in [0, 0.1) is 0 Å². The molecule has 2 amide bonds. The predicted octanol–water partition coefficient (Wildman–Crippen LogP) is 2.86. The highest BCUT2D eigenvalue weighted by Crippen LogP contribution is 2.42. The summed E-state index contributed by atoms with van der Waals surface area (Å²) in [5.74, 6) is 1.10. The van der Waals surface area contributed by atoms with Crippen LogP contribution in [0.25, 0.3) is 0 Å². The summed E-state index contributed by atoms with van der Waals surface area (Å²) in [5, 5.41) is 2.72. The zero-order chi connectivity index (χ0) is 19.8. The number of amides is 2. The van der Waals surface area contributed by atoms with Gasteiger partial charge in [-0.15, -0.1) is 0 Å². The number of nitrogens with zero attached hydrogens (tertiary/aromatic N) is 3. The number of fused-ring (bicyclic) bond motifs is 1. The molecule has 6 heteroatoms. The number of carbonyl (C=O) groups is 1. The van der Waals surface area contributed by atoms with E-state index in [9.17, 15) is 4.79 Å². The second-order valence-electron chi connectivity index (χ2n) is 9.23. The lowest BCUT2D eigenvalue weighted by atomic mass is 9.81. The molecule has 2 saturated heterocycles. The van der Waals surface area contributed by atoms with Crippen molar-refractivity contribution in [3.8, 4) is 5.75 Å². The van der Waals surface area contributed by atoms with Gasteiger partial charge in [0.25, 0.3) is 0 Å². The Bertz CT molecular complexity index is 747. The van der Waals surface area contributed by atoms with E-state index in [0.29, 0.717) is 0 Å². The minimum Gasteiger partial charge on any atom is -0.487 e. The van der Waals surface area contributed by atoms with Crippen molar-refractivity contribution >= 4 is 11.7 Å². The fourth-order valence-corrected chi connectivity index (χ4v) is 5.43. The van der Waals surface area contributed by atoms with E-state index in [2.05, 4.69) is 33.3 Å². The SMILES string of the molecule is CNC(=O)N1CCN(c2ccc3c(c2)CCC2(CCN(C4CCC4)CC2)O3)CC1. The molecule has 0 unspecified atom stereocenters. The van der Waals surface area contributed by atoms with Crippen molar-refractivity contribution < 1.29 is 9.53 Å². The van der Waals surface area contributed by atoms with Crippen molar-refractivity contribution in [1.29, 1.82) is 0 Å². The Morgan fingerprint density at radius 2 is 1.83 bits per heavy atom. The van der Waals surface area contributed by atoms with Crippen LogP contribution in [-0.2, 0) is 6.42 Å². The summed E-state index contributed by atoms with van der Waals surface area (Å²) in [5.41, 5.74) is 2.68. The summed E-state index contributed by atoms with van der Waals surface area (Å²) in [6, 6.07) is 7.60. The second-order valence-corrected chi connectivity index (χ2v) is 9.23. The van der Waals surface area contributed by atoms with Gasteiger partial charge in [-0.1, -0.05) is 6.42 Å². The van der Waals surface area contributed by atoms with E-state index >= 15 is 0 Å². The van der Waals surface area contributed by atoms with Gasteiger partial charge in [0.1, 0.15) is 11.4 Å². The quantitative estimate of drug-likeness (QED) is 0.832. The average Bonchev–Trinajstić information content (AvgIpc) is 2.73.